The second-order valence-electron chi connectivity index (χ2n) is 3.05. The van der Waals surface area contributed by atoms with Gasteiger partial charge in [-0.15, -0.1) is 11.8 Å². The maximum absolute atomic E-state index is 11.4. The Morgan fingerprint density at radius 2 is 2.47 bits per heavy atom. The molecule has 2 N–H and O–H groups in total. The fourth-order valence-corrected chi connectivity index (χ4v) is 2.27. The van der Waals surface area contributed by atoms with Crippen molar-refractivity contribution < 1.29 is 9.84 Å². The highest BCUT2D eigenvalue weighted by atomic mass is 32.2. The van der Waals surface area contributed by atoms with E-state index in [1.807, 2.05) is 0 Å². The minimum Gasteiger partial charge on any atom is -0.393 e. The minimum absolute atomic E-state index is 0.0841. The van der Waals surface area contributed by atoms with Crippen LogP contribution in [-0.2, 0) is 4.74 Å². The van der Waals surface area contributed by atoms with E-state index in [2.05, 4.69) is 4.98 Å². The molecule has 2 rings (SSSR count). The van der Waals surface area contributed by atoms with Crippen LogP contribution in [-0.4, -0.2) is 32.5 Å². The average molecular weight is 230 g/mol. The normalized spacial score (nSPS) is 25.7. The van der Waals surface area contributed by atoms with Crippen molar-refractivity contribution >= 4 is 11.8 Å². The molecule has 15 heavy (non-hydrogen) atoms. The highest BCUT2D eigenvalue weighted by Crippen LogP contribution is 2.29. The fraction of sp³-hybridized carbons (Fsp3) is 0.500. The van der Waals surface area contributed by atoms with Gasteiger partial charge in [-0.05, 0) is 0 Å². The summed E-state index contributed by atoms with van der Waals surface area (Å²) in [4.78, 5) is 24.3. The van der Waals surface area contributed by atoms with Gasteiger partial charge in [0.1, 0.15) is 11.7 Å². The first-order chi connectivity index (χ1) is 7.20. The number of aliphatic hydroxyl groups is 1. The van der Waals surface area contributed by atoms with E-state index in [1.54, 1.807) is 0 Å². The lowest BCUT2D eigenvalue weighted by molar-refractivity contribution is -0.00640. The third-order valence-electron chi connectivity index (χ3n) is 2.04. The molecule has 7 heteroatoms. The van der Waals surface area contributed by atoms with Crippen molar-refractivity contribution in [3.05, 3.63) is 33.1 Å². The summed E-state index contributed by atoms with van der Waals surface area (Å²) in [5.74, 6) is 0.581. The lowest BCUT2D eigenvalue weighted by Gasteiger charge is -2.12. The summed E-state index contributed by atoms with van der Waals surface area (Å²) in [6.07, 6.45) is 0.975. The van der Waals surface area contributed by atoms with Gasteiger partial charge in [0, 0.05) is 18.0 Å². The van der Waals surface area contributed by atoms with E-state index in [1.165, 1.54) is 28.6 Å². The second-order valence-corrected chi connectivity index (χ2v) is 4.25. The molecule has 0 amide bonds. The summed E-state index contributed by atoms with van der Waals surface area (Å²) < 4.78 is 6.68. The first kappa shape index (κ1) is 10.5. The first-order valence-electron chi connectivity index (χ1n) is 4.40. The van der Waals surface area contributed by atoms with E-state index in [4.69, 9.17) is 9.84 Å². The van der Waals surface area contributed by atoms with Gasteiger partial charge in [0.25, 0.3) is 5.56 Å². The number of nitrogens with one attached hydrogen (secondary N) is 1. The van der Waals surface area contributed by atoms with E-state index >= 15 is 0 Å². The number of H-pyrrole nitrogens is 1. The van der Waals surface area contributed by atoms with Crippen molar-refractivity contribution in [1.29, 1.82) is 0 Å². The third kappa shape index (κ3) is 2.14. The number of aliphatic hydroxyl groups excluding tert-OH is 1. The summed E-state index contributed by atoms with van der Waals surface area (Å²) >= 11 is 1.43. The van der Waals surface area contributed by atoms with Gasteiger partial charge in [0.2, 0.25) is 0 Å². The summed E-state index contributed by atoms with van der Waals surface area (Å²) in [6, 6.07) is 1.27. The van der Waals surface area contributed by atoms with Crippen LogP contribution in [0.4, 0.5) is 0 Å². The van der Waals surface area contributed by atoms with Crippen LogP contribution in [0.2, 0.25) is 0 Å². The SMILES string of the molecule is O=c1ccn([C@@H]2CS[C@@H](CO)O2)c(=O)[nH]1. The number of hydrogen-bond acceptors (Lipinski definition) is 5. The number of aromatic amines is 1. The average Bonchev–Trinajstić information content (AvgIpc) is 2.66. The van der Waals surface area contributed by atoms with E-state index < -0.39 is 17.5 Å². The summed E-state index contributed by atoms with van der Waals surface area (Å²) in [7, 11) is 0. The van der Waals surface area contributed by atoms with Gasteiger partial charge in [-0.25, -0.2) is 4.79 Å². The van der Waals surface area contributed by atoms with E-state index in [0.717, 1.165) is 0 Å². The highest BCUT2D eigenvalue weighted by molar-refractivity contribution is 8.00. The van der Waals surface area contributed by atoms with Gasteiger partial charge in [-0.2, -0.15) is 0 Å². The van der Waals surface area contributed by atoms with E-state index in [9.17, 15) is 9.59 Å². The van der Waals surface area contributed by atoms with Crippen LogP contribution < -0.4 is 11.2 Å². The third-order valence-corrected chi connectivity index (χ3v) is 3.15. The fourth-order valence-electron chi connectivity index (χ4n) is 1.34. The molecule has 0 aromatic carbocycles. The van der Waals surface area contributed by atoms with Crippen molar-refractivity contribution in [3.8, 4) is 0 Å². The minimum atomic E-state index is -0.494. The van der Waals surface area contributed by atoms with Crippen LogP contribution in [0.15, 0.2) is 21.9 Å². The molecule has 1 aromatic heterocycles. The Morgan fingerprint density at radius 3 is 3.07 bits per heavy atom. The second kappa shape index (κ2) is 4.21. The van der Waals surface area contributed by atoms with E-state index in [0.29, 0.717) is 5.75 Å². The number of rotatable bonds is 2. The van der Waals surface area contributed by atoms with Crippen LogP contribution in [0.3, 0.4) is 0 Å². The molecule has 1 fully saturated rings. The molecule has 6 nitrogen and oxygen atoms in total. The quantitative estimate of drug-likeness (QED) is 0.689. The van der Waals surface area contributed by atoms with E-state index in [-0.39, 0.29) is 12.0 Å². The molecule has 0 bridgehead atoms. The zero-order valence-corrected chi connectivity index (χ0v) is 8.57. The predicted octanol–water partition coefficient (Wildman–Crippen LogP) is -0.883. The topological polar surface area (TPSA) is 84.3 Å². The molecule has 0 aliphatic carbocycles. The number of hydrogen-bond donors (Lipinski definition) is 2. The van der Waals surface area contributed by atoms with Crippen molar-refractivity contribution in [2.24, 2.45) is 0 Å². The smallest absolute Gasteiger partial charge is 0.330 e. The number of nitrogens with zero attached hydrogens (tertiary/aromatic N) is 1. The number of ether oxygens (including phenoxy) is 1. The molecular formula is C8H10N2O4S. The molecule has 0 radical (unpaired) electrons. The number of aromatic nitrogens is 2. The van der Waals surface area contributed by atoms with Crippen LogP contribution in [0.25, 0.3) is 0 Å². The van der Waals surface area contributed by atoms with Crippen molar-refractivity contribution in [2.45, 2.75) is 11.7 Å². The zero-order chi connectivity index (χ0) is 10.8. The van der Waals surface area contributed by atoms with Crippen molar-refractivity contribution in [3.63, 3.8) is 0 Å². The summed E-state index contributed by atoms with van der Waals surface area (Å²) in [5.41, 5.74) is -1.22. The molecule has 0 spiro atoms. The molecule has 2 atom stereocenters. The Hall–Kier alpha value is -1.05. The molecule has 1 aliphatic heterocycles. The van der Waals surface area contributed by atoms with Crippen LogP contribution in [0.1, 0.15) is 6.23 Å². The lowest BCUT2D eigenvalue weighted by atomic mass is 10.5. The van der Waals surface area contributed by atoms with Crippen LogP contribution in [0, 0.1) is 0 Å². The Labute approximate surface area is 88.9 Å². The van der Waals surface area contributed by atoms with Crippen molar-refractivity contribution in [1.82, 2.24) is 9.55 Å². The monoisotopic (exact) mass is 230 g/mol. The number of thioether (sulfide) groups is 1. The molecule has 2 heterocycles. The zero-order valence-electron chi connectivity index (χ0n) is 7.75. The van der Waals surface area contributed by atoms with Crippen molar-refractivity contribution in [2.75, 3.05) is 12.4 Å². The Bertz CT molecular complexity index is 454. The predicted molar refractivity (Wildman–Crippen MR) is 54.8 cm³/mol. The molecule has 0 saturated carbocycles. The Balaban J connectivity index is 2.24. The maximum Gasteiger partial charge on any atom is 0.330 e. The van der Waals surface area contributed by atoms with Gasteiger partial charge in [0.05, 0.1) is 6.61 Å². The molecule has 82 valence electrons. The Morgan fingerprint density at radius 1 is 1.67 bits per heavy atom. The maximum atomic E-state index is 11.4. The van der Waals surface area contributed by atoms with Crippen LogP contribution in [0.5, 0.6) is 0 Å². The molecular weight excluding hydrogens is 220 g/mol. The first-order valence-corrected chi connectivity index (χ1v) is 5.45. The van der Waals surface area contributed by atoms with Gasteiger partial charge in [-0.1, -0.05) is 0 Å². The van der Waals surface area contributed by atoms with Gasteiger partial charge >= 0.3 is 5.69 Å². The van der Waals surface area contributed by atoms with Crippen LogP contribution >= 0.6 is 11.8 Å². The van der Waals surface area contributed by atoms with Gasteiger partial charge in [-0.3, -0.25) is 14.3 Å². The van der Waals surface area contributed by atoms with Gasteiger partial charge < -0.3 is 9.84 Å². The Kier molecular flexibility index (Phi) is 2.94. The molecule has 1 aliphatic rings. The highest BCUT2D eigenvalue weighted by Gasteiger charge is 2.27. The largest absolute Gasteiger partial charge is 0.393 e. The standard InChI is InChI=1S/C8H10N2O4S/c11-3-7-14-6(4-15-7)10-2-1-5(12)9-8(10)13/h1-2,6-7,11H,3-4H2,(H,9,12,13)/t6-,7-/m0/s1. The van der Waals surface area contributed by atoms with Gasteiger partial charge in [0.15, 0.2) is 0 Å². The molecule has 0 unspecified atom stereocenters. The summed E-state index contributed by atoms with van der Waals surface area (Å²) in [5, 5.41) is 8.85. The molecule has 1 saturated heterocycles. The lowest BCUT2D eigenvalue weighted by Crippen LogP contribution is -2.32. The summed E-state index contributed by atoms with van der Waals surface area (Å²) in [6.45, 7) is -0.0841. The molecule has 1 aromatic rings.